The monoisotopic (exact) mass is 267 g/mol. The summed E-state index contributed by atoms with van der Waals surface area (Å²) in [6.45, 7) is 4.48. The van der Waals surface area contributed by atoms with Gasteiger partial charge in [0.15, 0.2) is 0 Å². The molecule has 1 aliphatic rings. The fraction of sp³-hybridized carbons (Fsp3) is 0.583. The highest BCUT2D eigenvalue weighted by Crippen LogP contribution is 2.28. The van der Waals surface area contributed by atoms with E-state index in [4.69, 9.17) is 4.74 Å². The van der Waals surface area contributed by atoms with Crippen molar-refractivity contribution in [2.75, 3.05) is 24.6 Å². The summed E-state index contributed by atoms with van der Waals surface area (Å²) in [4.78, 5) is 16.7. The number of aryl methyl sites for hydroxylation is 1. The van der Waals surface area contributed by atoms with E-state index >= 15 is 0 Å². The third kappa shape index (κ3) is 2.99. The Kier molecular flexibility index (Phi) is 3.96. The molecule has 2 heterocycles. The number of ether oxygens (including phenoxy) is 1. The second-order valence-corrected chi connectivity index (χ2v) is 4.71. The predicted octanol–water partition coefficient (Wildman–Crippen LogP) is 0.884. The molecule has 0 bridgehead atoms. The Hall–Kier alpha value is -1.73. The van der Waals surface area contributed by atoms with Crippen molar-refractivity contribution in [2.24, 2.45) is 0 Å². The van der Waals surface area contributed by atoms with Gasteiger partial charge in [0.2, 0.25) is 5.82 Å². The van der Waals surface area contributed by atoms with Crippen molar-refractivity contribution < 1.29 is 14.8 Å². The van der Waals surface area contributed by atoms with E-state index in [0.717, 1.165) is 5.69 Å². The number of pyridine rings is 1. The summed E-state index contributed by atoms with van der Waals surface area (Å²) >= 11 is 0. The number of anilines is 1. The molecule has 1 saturated heterocycles. The van der Waals surface area contributed by atoms with Gasteiger partial charge in [-0.1, -0.05) is 0 Å². The molecular weight excluding hydrogens is 250 g/mol. The standard InChI is InChI=1S/C12H17N3O4/c1-8-3-4-11(15(17)18)12(13-8)14-5-9(2)19-10(6-14)7-16/h3-4,9-10,16H,5-7H2,1-2H3. The van der Waals surface area contributed by atoms with Gasteiger partial charge in [0, 0.05) is 24.8 Å². The number of hydrogen-bond acceptors (Lipinski definition) is 6. The Morgan fingerprint density at radius 2 is 2.32 bits per heavy atom. The van der Waals surface area contributed by atoms with E-state index in [1.807, 2.05) is 6.92 Å². The molecule has 0 aromatic carbocycles. The van der Waals surface area contributed by atoms with Crippen LogP contribution < -0.4 is 4.90 Å². The number of rotatable bonds is 3. The van der Waals surface area contributed by atoms with Gasteiger partial charge in [-0.15, -0.1) is 0 Å². The topological polar surface area (TPSA) is 88.7 Å². The Morgan fingerprint density at radius 3 is 2.95 bits per heavy atom. The van der Waals surface area contributed by atoms with E-state index in [2.05, 4.69) is 4.98 Å². The summed E-state index contributed by atoms with van der Waals surface area (Å²) in [5, 5.41) is 20.3. The van der Waals surface area contributed by atoms with Crippen LogP contribution in [0, 0.1) is 17.0 Å². The smallest absolute Gasteiger partial charge is 0.311 e. The third-order valence-corrected chi connectivity index (χ3v) is 3.02. The van der Waals surface area contributed by atoms with Crippen molar-refractivity contribution in [3.05, 3.63) is 27.9 Å². The number of aliphatic hydroxyl groups is 1. The molecule has 2 atom stereocenters. The maximum absolute atomic E-state index is 11.1. The second-order valence-electron chi connectivity index (χ2n) is 4.71. The van der Waals surface area contributed by atoms with Gasteiger partial charge in [-0.2, -0.15) is 0 Å². The van der Waals surface area contributed by atoms with Gasteiger partial charge in [-0.3, -0.25) is 10.1 Å². The van der Waals surface area contributed by atoms with Gasteiger partial charge in [0.05, 0.1) is 23.7 Å². The first-order valence-corrected chi connectivity index (χ1v) is 6.14. The minimum Gasteiger partial charge on any atom is -0.394 e. The van der Waals surface area contributed by atoms with Crippen LogP contribution >= 0.6 is 0 Å². The molecule has 1 N–H and O–H groups in total. The van der Waals surface area contributed by atoms with E-state index in [1.165, 1.54) is 6.07 Å². The van der Waals surface area contributed by atoms with Crippen LogP contribution in [0.4, 0.5) is 11.5 Å². The molecule has 2 unspecified atom stereocenters. The molecule has 1 fully saturated rings. The van der Waals surface area contributed by atoms with Gasteiger partial charge in [0.25, 0.3) is 0 Å². The highest BCUT2D eigenvalue weighted by atomic mass is 16.6. The largest absolute Gasteiger partial charge is 0.394 e. The molecule has 0 radical (unpaired) electrons. The summed E-state index contributed by atoms with van der Waals surface area (Å²) in [6.07, 6.45) is -0.446. The van der Waals surface area contributed by atoms with Crippen molar-refractivity contribution in [1.29, 1.82) is 0 Å². The highest BCUT2D eigenvalue weighted by molar-refractivity contribution is 5.58. The first-order valence-electron chi connectivity index (χ1n) is 6.14. The lowest BCUT2D eigenvalue weighted by Gasteiger charge is -2.36. The fourth-order valence-electron chi connectivity index (χ4n) is 2.23. The minimum atomic E-state index is -0.435. The second kappa shape index (κ2) is 5.50. The van der Waals surface area contributed by atoms with Gasteiger partial charge in [0.1, 0.15) is 0 Å². The highest BCUT2D eigenvalue weighted by Gasteiger charge is 2.30. The Bertz CT molecular complexity index is 480. The van der Waals surface area contributed by atoms with Crippen LogP contribution in [0.3, 0.4) is 0 Å². The quantitative estimate of drug-likeness (QED) is 0.646. The van der Waals surface area contributed by atoms with Crippen molar-refractivity contribution in [3.8, 4) is 0 Å². The van der Waals surface area contributed by atoms with Crippen molar-refractivity contribution in [3.63, 3.8) is 0 Å². The van der Waals surface area contributed by atoms with Crippen LogP contribution in [-0.4, -0.2) is 46.9 Å². The van der Waals surface area contributed by atoms with Crippen LogP contribution in [0.2, 0.25) is 0 Å². The lowest BCUT2D eigenvalue weighted by molar-refractivity contribution is -0.384. The van der Waals surface area contributed by atoms with E-state index in [0.29, 0.717) is 18.9 Å². The SMILES string of the molecule is Cc1ccc([N+](=O)[O-])c(N2CC(C)OC(CO)C2)n1. The summed E-state index contributed by atoms with van der Waals surface area (Å²) in [6, 6.07) is 3.08. The van der Waals surface area contributed by atoms with Crippen LogP contribution in [0.15, 0.2) is 12.1 Å². The van der Waals surface area contributed by atoms with E-state index in [9.17, 15) is 15.2 Å². The molecule has 2 rings (SSSR count). The van der Waals surface area contributed by atoms with Gasteiger partial charge >= 0.3 is 5.69 Å². The minimum absolute atomic E-state index is 0.0172. The third-order valence-electron chi connectivity index (χ3n) is 3.02. The predicted molar refractivity (Wildman–Crippen MR) is 69.3 cm³/mol. The van der Waals surface area contributed by atoms with E-state index in [-0.39, 0.29) is 24.5 Å². The molecule has 7 nitrogen and oxygen atoms in total. The zero-order valence-electron chi connectivity index (χ0n) is 10.9. The first kappa shape index (κ1) is 13.7. The number of aromatic nitrogens is 1. The zero-order valence-corrected chi connectivity index (χ0v) is 10.9. The summed E-state index contributed by atoms with van der Waals surface area (Å²) in [5.41, 5.74) is 0.705. The molecule has 0 amide bonds. The zero-order chi connectivity index (χ0) is 14.0. The number of nitrogens with zero attached hydrogens (tertiary/aromatic N) is 3. The average molecular weight is 267 g/mol. The molecule has 104 valence electrons. The van der Waals surface area contributed by atoms with Crippen LogP contribution in [0.25, 0.3) is 0 Å². The molecule has 1 aliphatic heterocycles. The van der Waals surface area contributed by atoms with Gasteiger partial charge in [-0.25, -0.2) is 4.98 Å². The molecule has 0 spiro atoms. The summed E-state index contributed by atoms with van der Waals surface area (Å²) in [7, 11) is 0. The van der Waals surface area contributed by atoms with Crippen molar-refractivity contribution >= 4 is 11.5 Å². The maximum Gasteiger partial charge on any atom is 0.311 e. The lowest BCUT2D eigenvalue weighted by Crippen LogP contribution is -2.48. The Morgan fingerprint density at radius 1 is 1.58 bits per heavy atom. The number of nitro groups is 1. The molecule has 7 heteroatoms. The van der Waals surface area contributed by atoms with Crippen LogP contribution in [0.1, 0.15) is 12.6 Å². The van der Waals surface area contributed by atoms with Crippen molar-refractivity contribution in [2.45, 2.75) is 26.1 Å². The van der Waals surface area contributed by atoms with Crippen molar-refractivity contribution in [1.82, 2.24) is 4.98 Å². The van der Waals surface area contributed by atoms with Crippen LogP contribution in [-0.2, 0) is 4.74 Å². The Balaban J connectivity index is 2.34. The van der Waals surface area contributed by atoms with Gasteiger partial charge in [-0.05, 0) is 19.9 Å². The maximum atomic E-state index is 11.1. The molecule has 0 saturated carbocycles. The molecule has 1 aromatic rings. The molecule has 1 aromatic heterocycles. The van der Waals surface area contributed by atoms with E-state index < -0.39 is 4.92 Å². The Labute approximate surface area is 111 Å². The normalized spacial score (nSPS) is 23.4. The average Bonchev–Trinajstić information content (AvgIpc) is 2.37. The van der Waals surface area contributed by atoms with E-state index in [1.54, 1.807) is 17.9 Å². The molecule has 0 aliphatic carbocycles. The summed E-state index contributed by atoms with van der Waals surface area (Å²) in [5.74, 6) is 0.346. The number of aliphatic hydroxyl groups excluding tert-OH is 1. The fourth-order valence-corrected chi connectivity index (χ4v) is 2.23. The molecular formula is C12H17N3O4. The number of morpholine rings is 1. The number of hydrogen-bond donors (Lipinski definition) is 1. The van der Waals surface area contributed by atoms with Crippen LogP contribution in [0.5, 0.6) is 0 Å². The first-order chi connectivity index (χ1) is 9.01. The molecule has 19 heavy (non-hydrogen) atoms. The van der Waals surface area contributed by atoms with Gasteiger partial charge < -0.3 is 14.7 Å². The summed E-state index contributed by atoms with van der Waals surface area (Å²) < 4.78 is 5.53. The lowest BCUT2D eigenvalue weighted by atomic mass is 10.2.